The molecule has 54 heavy (non-hydrogen) atoms. The fourth-order valence-electron chi connectivity index (χ4n) is 6.40. The monoisotopic (exact) mass is 730 g/mol. The molecule has 6 aromatic rings. The summed E-state index contributed by atoms with van der Waals surface area (Å²) in [4.78, 5) is 3.86. The van der Waals surface area contributed by atoms with Crippen molar-refractivity contribution in [1.29, 1.82) is 0 Å². The molecule has 0 saturated carbocycles. The number of alkyl halides is 3. The highest BCUT2D eigenvalue weighted by Crippen LogP contribution is 2.43. The lowest BCUT2D eigenvalue weighted by Crippen LogP contribution is -2.37. The van der Waals surface area contributed by atoms with Crippen molar-refractivity contribution in [2.75, 3.05) is 9.80 Å². The van der Waals surface area contributed by atoms with E-state index in [9.17, 15) is 0 Å². The molecule has 1 aliphatic rings. The summed E-state index contributed by atoms with van der Waals surface area (Å²) in [7, 11) is -5.17. The van der Waals surface area contributed by atoms with Crippen LogP contribution in [0.1, 0.15) is 37.7 Å². The number of nitrogens with zero attached hydrogens (tertiary/aromatic N) is 2. The summed E-state index contributed by atoms with van der Waals surface area (Å²) in [6.45, 7) is 7.88. The second kappa shape index (κ2) is 14.3. The number of allylic oxidation sites excluding steroid dienone is 1. The molecule has 0 spiro atoms. The van der Waals surface area contributed by atoms with Crippen LogP contribution in [0.5, 0.6) is 0 Å². The van der Waals surface area contributed by atoms with Crippen molar-refractivity contribution < 1.29 is 30.8 Å². The zero-order valence-electron chi connectivity index (χ0n) is 30.0. The largest absolute Gasteiger partial charge is 0.995 e. The molecule has 1 aliphatic heterocycles. The van der Waals surface area contributed by atoms with Gasteiger partial charge in [-0.05, 0) is 125 Å². The first kappa shape index (κ1) is 36.2. The van der Waals surface area contributed by atoms with Crippen LogP contribution in [0.15, 0.2) is 151 Å². The topological polar surface area (TPSA) is 27.0 Å². The Kier molecular flexibility index (Phi) is 9.62. The molecule has 0 radical (unpaired) electrons. The van der Waals surface area contributed by atoms with Gasteiger partial charge in [-0.1, -0.05) is 70.8 Å². The van der Waals surface area contributed by atoms with E-state index in [0.717, 1.165) is 45.0 Å². The zero-order valence-corrected chi connectivity index (χ0v) is 30.0. The first-order valence-corrected chi connectivity index (χ1v) is 17.4. The van der Waals surface area contributed by atoms with Crippen LogP contribution in [0.2, 0.25) is 0 Å². The number of hydrogen-bond acceptors (Lipinski definition) is 3. The fraction of sp³-hybridized carbons (Fsp3) is 0.114. The molecule has 0 unspecified atom stereocenters. The molecule has 0 bridgehead atoms. The van der Waals surface area contributed by atoms with Gasteiger partial charge in [0.25, 0.3) is 0 Å². The molecule has 4 nitrogen and oxygen atoms in total. The van der Waals surface area contributed by atoms with Gasteiger partial charge in [0.15, 0.2) is 5.57 Å². The second-order valence-corrected chi connectivity index (χ2v) is 13.4. The maximum absolute atomic E-state index is 15.2. The quantitative estimate of drug-likeness (QED) is 0.0886. The molecule has 7 rings (SSSR count). The van der Waals surface area contributed by atoms with E-state index in [2.05, 4.69) is 0 Å². The summed E-state index contributed by atoms with van der Waals surface area (Å²) in [5.74, 6) is -2.02. The molecule has 6 aromatic carbocycles. The smallest absolute Gasteiger partial charge is 0.568 e. The fourth-order valence-corrected chi connectivity index (χ4v) is 6.40. The predicted octanol–water partition coefficient (Wildman–Crippen LogP) is 13.0. The van der Waals surface area contributed by atoms with Crippen LogP contribution in [0, 0.1) is 27.7 Å². The Morgan fingerprint density at radius 3 is 1.02 bits per heavy atom. The minimum absolute atomic E-state index is 0.178. The molecular weight excluding hydrogens is 694 g/mol. The highest BCUT2D eigenvalue weighted by atomic mass is 19.4. The summed E-state index contributed by atoms with van der Waals surface area (Å²) in [5.41, 5.74) is 6.90. The summed E-state index contributed by atoms with van der Waals surface area (Å²) in [6, 6.07) is 42.9. The van der Waals surface area contributed by atoms with Gasteiger partial charge in [-0.2, -0.15) is 13.2 Å². The van der Waals surface area contributed by atoms with Gasteiger partial charge in [0.05, 0.1) is 5.56 Å². The maximum atomic E-state index is 15.2. The molecule has 1 heterocycles. The number of carbonyl (C=O) groups excluding carboxylic acids is 1. The molecule has 10 heteroatoms. The van der Waals surface area contributed by atoms with Crippen molar-refractivity contribution in [2.45, 2.75) is 33.9 Å². The standard InChI is InChI=1S/C44H36BF5N2O2/c1-29-5-17-35(18-6-29)51(36-19-7-30(2)8-20-36)39-25-13-33(14-26-39)42-41(44(46,47)48)43(54-45(49,50)53-42)34-15-27-40(28-16-34)52(37-21-9-31(3)10-22-37)38-23-11-32(4)12-24-38/h5-28H,1-4H3. The Morgan fingerprint density at radius 2 is 0.722 bits per heavy atom. The molecule has 0 amide bonds. The Labute approximate surface area is 311 Å². The number of hydrogen-bond donors (Lipinski definition) is 0. The highest BCUT2D eigenvalue weighted by Gasteiger charge is 2.59. The molecule has 0 N–H and O–H groups in total. The first-order valence-electron chi connectivity index (χ1n) is 17.4. The van der Waals surface area contributed by atoms with Crippen molar-refractivity contribution in [3.8, 4) is 0 Å². The number of aryl methyl sites for hydroxylation is 4. The van der Waals surface area contributed by atoms with Crippen LogP contribution in [0.25, 0.3) is 5.76 Å². The minimum Gasteiger partial charge on any atom is -0.568 e. The molecule has 272 valence electrons. The third-order valence-corrected chi connectivity index (χ3v) is 9.19. The third-order valence-electron chi connectivity index (χ3n) is 9.19. The summed E-state index contributed by atoms with van der Waals surface area (Å²) in [6.07, 6.45) is -5.11. The first-order chi connectivity index (χ1) is 25.8. The minimum atomic E-state index is -5.17. The van der Waals surface area contributed by atoms with Crippen molar-refractivity contribution >= 4 is 52.8 Å². The third kappa shape index (κ3) is 7.64. The molecule has 0 aromatic heterocycles. The van der Waals surface area contributed by atoms with Gasteiger partial charge in [-0.15, -0.1) is 0 Å². The molecule has 0 saturated heterocycles. The van der Waals surface area contributed by atoms with Crippen LogP contribution in [0.3, 0.4) is 0 Å². The van der Waals surface area contributed by atoms with E-state index in [0.29, 0.717) is 11.4 Å². The Hall–Kier alpha value is -6.16. The van der Waals surface area contributed by atoms with Crippen molar-refractivity contribution in [1.82, 2.24) is 0 Å². The van der Waals surface area contributed by atoms with E-state index in [1.165, 1.54) is 24.3 Å². The van der Waals surface area contributed by atoms with Crippen LogP contribution < -0.4 is 9.80 Å². The Morgan fingerprint density at radius 1 is 0.444 bits per heavy atom. The number of ketones is 1. The molecular formula is C44H36BF5N2O2. The van der Waals surface area contributed by atoms with Gasteiger partial charge in [-0.3, -0.25) is 0 Å². The highest BCUT2D eigenvalue weighted by molar-refractivity contribution is 6.53. The lowest BCUT2D eigenvalue weighted by atomic mass is 9.94. The van der Waals surface area contributed by atoms with Crippen molar-refractivity contribution in [3.63, 3.8) is 0 Å². The lowest BCUT2D eigenvalue weighted by molar-refractivity contribution is -0.190. The normalized spacial score (nSPS) is 14.0. The summed E-state index contributed by atoms with van der Waals surface area (Å²) in [5, 5.41) is 0. The SMILES string of the molecule is Cc1ccc(N(c2ccc(C)cc2)c2ccc(C3=[O+][B-](F)(F)OC(c4ccc(N(c5ccc(C)cc5)c5ccc(C)cc5)cc4)=C3C(F)(F)F)cc2)cc1. The van der Waals surface area contributed by atoms with E-state index in [-0.39, 0.29) is 11.1 Å². The van der Waals surface area contributed by atoms with E-state index >= 15 is 21.8 Å². The van der Waals surface area contributed by atoms with Gasteiger partial charge >= 0.3 is 19.1 Å². The number of anilines is 6. The van der Waals surface area contributed by atoms with Gasteiger partial charge in [0.1, 0.15) is 5.76 Å². The van der Waals surface area contributed by atoms with Gasteiger partial charge in [0, 0.05) is 39.7 Å². The maximum Gasteiger partial charge on any atom is 0.995 e. The number of rotatable bonds is 8. The number of benzene rings is 6. The van der Waals surface area contributed by atoms with Crippen LogP contribution in [-0.2, 0) is 4.65 Å². The van der Waals surface area contributed by atoms with E-state index in [1.54, 1.807) is 24.3 Å². The van der Waals surface area contributed by atoms with Gasteiger partial charge in [-0.25, -0.2) is 0 Å². The Bertz CT molecular complexity index is 2230. The van der Waals surface area contributed by atoms with Crippen LogP contribution in [0.4, 0.5) is 55.9 Å². The zero-order chi connectivity index (χ0) is 38.2. The number of halogens is 5. The van der Waals surface area contributed by atoms with Gasteiger partial charge in [0.2, 0.25) is 0 Å². The van der Waals surface area contributed by atoms with Crippen molar-refractivity contribution in [2.24, 2.45) is 0 Å². The van der Waals surface area contributed by atoms with Crippen LogP contribution in [-0.4, -0.2) is 19.1 Å². The van der Waals surface area contributed by atoms with Crippen LogP contribution >= 0.6 is 0 Å². The average Bonchev–Trinajstić information content (AvgIpc) is 3.14. The lowest BCUT2D eigenvalue weighted by Gasteiger charge is -2.28. The molecule has 0 fully saturated rings. The average molecular weight is 731 g/mol. The summed E-state index contributed by atoms with van der Waals surface area (Å²) >= 11 is 0. The van der Waals surface area contributed by atoms with Gasteiger partial charge < -0.3 is 27.4 Å². The Balaban J connectivity index is 1.29. The summed E-state index contributed by atoms with van der Waals surface area (Å²) < 4.78 is 85.0. The molecule has 0 aliphatic carbocycles. The van der Waals surface area contributed by atoms with E-state index < -0.39 is 30.4 Å². The predicted molar refractivity (Wildman–Crippen MR) is 208 cm³/mol. The van der Waals surface area contributed by atoms with E-state index in [1.807, 2.05) is 135 Å². The molecule has 0 atom stereocenters. The van der Waals surface area contributed by atoms with E-state index in [4.69, 9.17) is 9.00 Å². The second-order valence-electron chi connectivity index (χ2n) is 13.4. The van der Waals surface area contributed by atoms with Crippen molar-refractivity contribution in [3.05, 3.63) is 185 Å².